The van der Waals surface area contributed by atoms with E-state index in [9.17, 15) is 9.59 Å². The van der Waals surface area contributed by atoms with E-state index in [1.807, 2.05) is 37.3 Å². The van der Waals surface area contributed by atoms with E-state index in [0.717, 1.165) is 10.5 Å². The number of carbonyl (C=O) groups is 2. The van der Waals surface area contributed by atoms with Crippen LogP contribution >= 0.6 is 11.6 Å². The van der Waals surface area contributed by atoms with E-state index in [1.54, 1.807) is 24.3 Å². The van der Waals surface area contributed by atoms with Gasteiger partial charge in [0, 0.05) is 10.6 Å². The molecule has 142 valence electrons. The van der Waals surface area contributed by atoms with Crippen LogP contribution in [0.5, 0.6) is 0 Å². The molecule has 0 spiro atoms. The van der Waals surface area contributed by atoms with E-state index in [0.29, 0.717) is 22.8 Å². The molecule has 1 atom stereocenters. The molecule has 1 N–H and O–H groups in total. The van der Waals surface area contributed by atoms with Crippen LogP contribution in [0.2, 0.25) is 5.02 Å². The molecular weight excluding hydrogens is 380 g/mol. The lowest BCUT2D eigenvalue weighted by molar-refractivity contribution is -0.132. The average molecular weight is 397 g/mol. The summed E-state index contributed by atoms with van der Waals surface area (Å²) >= 11 is 5.95. The van der Waals surface area contributed by atoms with Crippen LogP contribution < -0.4 is 5.32 Å². The smallest absolute Gasteiger partial charge is 0.325 e. The van der Waals surface area contributed by atoms with Crippen LogP contribution in [0.15, 0.2) is 59.1 Å². The number of urea groups is 1. The van der Waals surface area contributed by atoms with Gasteiger partial charge in [0.1, 0.15) is 12.1 Å². The summed E-state index contributed by atoms with van der Waals surface area (Å²) in [4.78, 5) is 31.1. The summed E-state index contributed by atoms with van der Waals surface area (Å²) in [5.74, 6) is 0.231. The summed E-state index contributed by atoms with van der Waals surface area (Å²) in [6.45, 7) is 1.75. The highest BCUT2D eigenvalue weighted by molar-refractivity contribution is 6.30. The van der Waals surface area contributed by atoms with Crippen molar-refractivity contribution in [3.05, 3.63) is 71.1 Å². The van der Waals surface area contributed by atoms with Crippen molar-refractivity contribution in [3.8, 4) is 11.4 Å². The first-order valence-corrected chi connectivity index (χ1v) is 9.19. The Balaban J connectivity index is 1.59. The van der Waals surface area contributed by atoms with E-state index >= 15 is 0 Å². The topological polar surface area (TPSA) is 88.3 Å². The minimum Gasteiger partial charge on any atom is -0.337 e. The van der Waals surface area contributed by atoms with Gasteiger partial charge < -0.3 is 9.84 Å². The molecule has 2 aromatic carbocycles. The molecule has 3 aromatic rings. The highest BCUT2D eigenvalue weighted by Crippen LogP contribution is 2.33. The van der Waals surface area contributed by atoms with Gasteiger partial charge in [-0.3, -0.25) is 9.69 Å². The quantitative estimate of drug-likeness (QED) is 0.663. The van der Waals surface area contributed by atoms with Gasteiger partial charge in [0.15, 0.2) is 0 Å². The highest BCUT2D eigenvalue weighted by atomic mass is 35.5. The van der Waals surface area contributed by atoms with Crippen LogP contribution in [0.25, 0.3) is 11.4 Å². The zero-order chi connectivity index (χ0) is 19.7. The van der Waals surface area contributed by atoms with Crippen LogP contribution in [0.3, 0.4) is 0 Å². The molecule has 28 heavy (non-hydrogen) atoms. The number of carbonyl (C=O) groups excluding carboxylic acids is 2. The van der Waals surface area contributed by atoms with Crippen molar-refractivity contribution in [1.29, 1.82) is 0 Å². The molecule has 7 nitrogen and oxygen atoms in total. The Hall–Kier alpha value is -3.19. The predicted octanol–water partition coefficient (Wildman–Crippen LogP) is 3.75. The third-order valence-corrected chi connectivity index (χ3v) is 5.09. The Bertz CT molecular complexity index is 1020. The molecule has 1 saturated heterocycles. The molecular formula is C20H17ClN4O3. The first kappa shape index (κ1) is 18.2. The van der Waals surface area contributed by atoms with E-state index in [2.05, 4.69) is 15.5 Å². The number of amides is 3. The average Bonchev–Trinajstić information content (AvgIpc) is 3.28. The molecule has 1 fully saturated rings. The van der Waals surface area contributed by atoms with Crippen molar-refractivity contribution in [2.45, 2.75) is 25.4 Å². The highest BCUT2D eigenvalue weighted by Gasteiger charge is 2.51. The van der Waals surface area contributed by atoms with Crippen LogP contribution in [-0.4, -0.2) is 27.0 Å². The number of hydrogen-bond acceptors (Lipinski definition) is 5. The molecule has 1 aromatic heterocycles. The van der Waals surface area contributed by atoms with Crippen LogP contribution in [0, 0.1) is 0 Å². The number of hydrogen-bond donors (Lipinski definition) is 1. The molecule has 0 radical (unpaired) electrons. The molecule has 0 unspecified atom stereocenters. The number of imide groups is 1. The Morgan fingerprint density at radius 2 is 1.82 bits per heavy atom. The Morgan fingerprint density at radius 1 is 1.11 bits per heavy atom. The first-order chi connectivity index (χ1) is 13.5. The third-order valence-electron chi connectivity index (χ3n) is 4.84. The normalized spacial score (nSPS) is 19.1. The fourth-order valence-electron chi connectivity index (χ4n) is 3.30. The van der Waals surface area contributed by atoms with Gasteiger partial charge in [0.05, 0.1) is 0 Å². The Morgan fingerprint density at radius 3 is 2.50 bits per heavy atom. The maximum atomic E-state index is 13.2. The van der Waals surface area contributed by atoms with Crippen LogP contribution in [0.4, 0.5) is 4.79 Å². The summed E-state index contributed by atoms with van der Waals surface area (Å²) in [6.07, 6.45) is 0.398. The zero-order valence-corrected chi connectivity index (χ0v) is 15.8. The number of nitrogens with one attached hydrogen (secondary N) is 1. The van der Waals surface area contributed by atoms with Gasteiger partial charge >= 0.3 is 6.03 Å². The van der Waals surface area contributed by atoms with Crippen molar-refractivity contribution < 1.29 is 14.1 Å². The maximum Gasteiger partial charge on any atom is 0.325 e. The predicted molar refractivity (Wildman–Crippen MR) is 102 cm³/mol. The molecule has 1 aliphatic rings. The van der Waals surface area contributed by atoms with Gasteiger partial charge in [-0.1, -0.05) is 66.1 Å². The van der Waals surface area contributed by atoms with E-state index in [1.165, 1.54) is 0 Å². The summed E-state index contributed by atoms with van der Waals surface area (Å²) in [5, 5.41) is 7.31. The number of halogens is 1. The van der Waals surface area contributed by atoms with Crippen molar-refractivity contribution in [1.82, 2.24) is 20.4 Å². The second-order valence-electron chi connectivity index (χ2n) is 6.46. The van der Waals surface area contributed by atoms with Crippen molar-refractivity contribution in [2.75, 3.05) is 0 Å². The van der Waals surface area contributed by atoms with Gasteiger partial charge in [-0.05, 0) is 24.1 Å². The monoisotopic (exact) mass is 396 g/mol. The minimum atomic E-state index is -1.13. The Kier molecular flexibility index (Phi) is 4.60. The molecule has 0 saturated carbocycles. The summed E-state index contributed by atoms with van der Waals surface area (Å²) in [6, 6.07) is 15.7. The third kappa shape index (κ3) is 3.03. The van der Waals surface area contributed by atoms with Crippen molar-refractivity contribution >= 4 is 23.5 Å². The van der Waals surface area contributed by atoms with E-state index in [4.69, 9.17) is 16.1 Å². The van der Waals surface area contributed by atoms with Gasteiger partial charge in [-0.2, -0.15) is 4.98 Å². The number of rotatable bonds is 5. The molecule has 3 amide bonds. The first-order valence-electron chi connectivity index (χ1n) is 8.81. The lowest BCUT2D eigenvalue weighted by atomic mass is 9.87. The minimum absolute atomic E-state index is 0.0974. The molecule has 0 bridgehead atoms. The van der Waals surface area contributed by atoms with Crippen LogP contribution in [0.1, 0.15) is 24.8 Å². The van der Waals surface area contributed by atoms with E-state index in [-0.39, 0.29) is 18.3 Å². The fourth-order valence-corrected chi connectivity index (χ4v) is 3.43. The van der Waals surface area contributed by atoms with Crippen molar-refractivity contribution in [3.63, 3.8) is 0 Å². The SMILES string of the molecule is CC[C@@]1(c2ccc(Cl)cc2)NC(=O)N(Cc2nc(-c3ccccc3)no2)C1=O. The molecule has 4 rings (SSSR count). The van der Waals surface area contributed by atoms with Crippen molar-refractivity contribution in [2.24, 2.45) is 0 Å². The summed E-state index contributed by atoms with van der Waals surface area (Å²) in [5.41, 5.74) is 0.332. The Labute approximate surface area is 166 Å². The van der Waals surface area contributed by atoms with Gasteiger partial charge in [0.2, 0.25) is 11.7 Å². The summed E-state index contributed by atoms with van der Waals surface area (Å²) < 4.78 is 5.25. The van der Waals surface area contributed by atoms with Gasteiger partial charge in [0.25, 0.3) is 5.91 Å². The van der Waals surface area contributed by atoms with Gasteiger partial charge in [-0.25, -0.2) is 4.79 Å². The number of benzene rings is 2. The lowest BCUT2D eigenvalue weighted by Gasteiger charge is -2.25. The molecule has 2 heterocycles. The number of nitrogens with zero attached hydrogens (tertiary/aromatic N) is 3. The van der Waals surface area contributed by atoms with Gasteiger partial charge in [-0.15, -0.1) is 0 Å². The van der Waals surface area contributed by atoms with Crippen LogP contribution in [-0.2, 0) is 16.9 Å². The largest absolute Gasteiger partial charge is 0.337 e. The zero-order valence-electron chi connectivity index (χ0n) is 15.1. The second-order valence-corrected chi connectivity index (χ2v) is 6.90. The second kappa shape index (κ2) is 7.09. The standard InChI is InChI=1S/C20H17ClN4O3/c1-2-20(14-8-10-15(21)11-9-14)18(26)25(19(27)23-20)12-16-22-17(24-28-16)13-6-4-3-5-7-13/h3-11H,2,12H2,1H3,(H,23,27)/t20-/m0/s1. The van der Waals surface area contributed by atoms with E-state index < -0.39 is 11.6 Å². The fraction of sp³-hybridized carbons (Fsp3) is 0.200. The molecule has 8 heteroatoms. The maximum absolute atomic E-state index is 13.2. The molecule has 0 aliphatic carbocycles. The number of aromatic nitrogens is 2. The molecule has 1 aliphatic heterocycles. The summed E-state index contributed by atoms with van der Waals surface area (Å²) in [7, 11) is 0. The lowest BCUT2D eigenvalue weighted by Crippen LogP contribution is -2.43.